The van der Waals surface area contributed by atoms with Gasteiger partial charge in [0, 0.05) is 26.2 Å². The predicted molar refractivity (Wildman–Crippen MR) is 119 cm³/mol. The molecular formula is C25H21NS. The molecule has 0 amide bonds. The van der Waals surface area contributed by atoms with Crippen molar-refractivity contribution in [2.75, 3.05) is 5.73 Å². The topological polar surface area (TPSA) is 26.0 Å². The summed E-state index contributed by atoms with van der Waals surface area (Å²) in [6.45, 7) is 2.28. The highest BCUT2D eigenvalue weighted by atomic mass is 32.1. The van der Waals surface area contributed by atoms with Gasteiger partial charge in [-0.2, -0.15) is 0 Å². The molecule has 0 saturated carbocycles. The first-order valence-electron chi connectivity index (χ1n) is 9.38. The maximum atomic E-state index is 6.51. The van der Waals surface area contributed by atoms with Gasteiger partial charge in [-0.3, -0.25) is 0 Å². The quantitative estimate of drug-likeness (QED) is 0.378. The van der Waals surface area contributed by atoms with Crippen molar-refractivity contribution in [3.8, 4) is 22.3 Å². The van der Waals surface area contributed by atoms with Crippen molar-refractivity contribution >= 4 is 33.2 Å². The van der Waals surface area contributed by atoms with Crippen molar-refractivity contribution < 1.29 is 0 Å². The molecule has 1 aliphatic carbocycles. The Morgan fingerprint density at radius 2 is 1.67 bits per heavy atom. The predicted octanol–water partition coefficient (Wildman–Crippen LogP) is 7.02. The van der Waals surface area contributed by atoms with E-state index in [4.69, 9.17) is 5.73 Å². The highest BCUT2D eigenvalue weighted by Gasteiger charge is 2.17. The molecule has 0 aliphatic heterocycles. The summed E-state index contributed by atoms with van der Waals surface area (Å²) < 4.78 is 1.33. The molecule has 1 heterocycles. The summed E-state index contributed by atoms with van der Waals surface area (Å²) in [6, 6.07) is 23.6. The fourth-order valence-electron chi connectivity index (χ4n) is 3.93. The van der Waals surface area contributed by atoms with Crippen LogP contribution in [0, 0.1) is 5.92 Å². The Labute approximate surface area is 163 Å². The smallest absolute Gasteiger partial charge is 0.0400 e. The standard InChI is InChI=1S/C25H21NS/c1-16-10-11-20-22-14-23(26)21(15-25(22)27-24(20)12-16)19-9-5-8-18(13-19)17-6-3-2-4-7-17/h2-11,13-16H,12,26H2,1H3. The van der Waals surface area contributed by atoms with Crippen molar-refractivity contribution in [2.24, 2.45) is 5.92 Å². The molecule has 1 unspecified atom stereocenters. The third kappa shape index (κ3) is 2.87. The van der Waals surface area contributed by atoms with Gasteiger partial charge in [-0.05, 0) is 52.8 Å². The second-order valence-corrected chi connectivity index (χ2v) is 8.50. The summed E-state index contributed by atoms with van der Waals surface area (Å²) in [6.07, 6.45) is 5.71. The number of rotatable bonds is 2. The van der Waals surface area contributed by atoms with Crippen LogP contribution in [0.25, 0.3) is 38.4 Å². The van der Waals surface area contributed by atoms with Crippen molar-refractivity contribution in [2.45, 2.75) is 13.3 Å². The van der Waals surface area contributed by atoms with Gasteiger partial charge < -0.3 is 5.73 Å². The third-order valence-electron chi connectivity index (χ3n) is 5.35. The van der Waals surface area contributed by atoms with E-state index in [-0.39, 0.29) is 0 Å². The van der Waals surface area contributed by atoms with Gasteiger partial charge in [-0.15, -0.1) is 11.3 Å². The molecule has 2 heteroatoms. The fourth-order valence-corrected chi connectivity index (χ4v) is 5.29. The van der Waals surface area contributed by atoms with Crippen LogP contribution in [0.3, 0.4) is 0 Å². The van der Waals surface area contributed by atoms with Gasteiger partial charge in [0.25, 0.3) is 0 Å². The van der Waals surface area contributed by atoms with E-state index in [9.17, 15) is 0 Å². The minimum atomic E-state index is 0.616. The minimum absolute atomic E-state index is 0.616. The molecule has 0 radical (unpaired) electrons. The average Bonchev–Trinajstić information content (AvgIpc) is 3.04. The fraction of sp³-hybridized carbons (Fsp3) is 0.120. The first-order valence-corrected chi connectivity index (χ1v) is 10.2. The van der Waals surface area contributed by atoms with Gasteiger partial charge in [0.15, 0.2) is 0 Å². The first-order chi connectivity index (χ1) is 13.2. The summed E-state index contributed by atoms with van der Waals surface area (Å²) in [7, 11) is 0. The Morgan fingerprint density at radius 1 is 0.889 bits per heavy atom. The number of nitrogen functional groups attached to an aromatic ring is 1. The Morgan fingerprint density at radius 3 is 2.52 bits per heavy atom. The molecule has 1 atom stereocenters. The summed E-state index contributed by atoms with van der Waals surface area (Å²) in [5, 5.41) is 1.29. The monoisotopic (exact) mass is 367 g/mol. The highest BCUT2D eigenvalue weighted by Crippen LogP contribution is 2.41. The molecule has 0 spiro atoms. The molecule has 0 bridgehead atoms. The van der Waals surface area contributed by atoms with E-state index in [0.29, 0.717) is 5.92 Å². The number of allylic oxidation sites excluding steroid dienone is 1. The second-order valence-electron chi connectivity index (χ2n) is 7.36. The Bertz CT molecular complexity index is 1170. The Hall–Kier alpha value is -2.84. The number of hydrogen-bond acceptors (Lipinski definition) is 2. The molecule has 0 saturated heterocycles. The normalized spacial score (nSPS) is 15.8. The zero-order valence-electron chi connectivity index (χ0n) is 15.3. The van der Waals surface area contributed by atoms with E-state index in [2.05, 4.69) is 79.7 Å². The van der Waals surface area contributed by atoms with E-state index in [1.54, 1.807) is 0 Å². The van der Waals surface area contributed by atoms with E-state index >= 15 is 0 Å². The third-order valence-corrected chi connectivity index (χ3v) is 6.55. The lowest BCUT2D eigenvalue weighted by Gasteiger charge is -2.11. The number of benzene rings is 3. The lowest BCUT2D eigenvalue weighted by molar-refractivity contribution is 0.728. The lowest BCUT2D eigenvalue weighted by Crippen LogP contribution is -1.99. The van der Waals surface area contributed by atoms with Gasteiger partial charge >= 0.3 is 0 Å². The largest absolute Gasteiger partial charge is 0.398 e. The van der Waals surface area contributed by atoms with Crippen LogP contribution in [0.15, 0.2) is 72.8 Å². The number of hydrogen-bond donors (Lipinski definition) is 1. The Kier molecular flexibility index (Phi) is 3.87. The maximum absolute atomic E-state index is 6.51. The molecule has 1 nitrogen and oxygen atoms in total. The molecule has 1 aromatic heterocycles. The van der Waals surface area contributed by atoms with Gasteiger partial charge in [-0.25, -0.2) is 0 Å². The summed E-state index contributed by atoms with van der Waals surface area (Å²) in [4.78, 5) is 1.48. The molecule has 3 aromatic carbocycles. The van der Waals surface area contributed by atoms with E-state index < -0.39 is 0 Å². The van der Waals surface area contributed by atoms with Crippen LogP contribution in [-0.4, -0.2) is 0 Å². The van der Waals surface area contributed by atoms with Crippen LogP contribution in [-0.2, 0) is 6.42 Å². The number of nitrogens with two attached hydrogens (primary N) is 1. The minimum Gasteiger partial charge on any atom is -0.398 e. The second kappa shape index (κ2) is 6.40. The average molecular weight is 368 g/mol. The lowest BCUT2D eigenvalue weighted by atomic mass is 9.94. The highest BCUT2D eigenvalue weighted by molar-refractivity contribution is 7.19. The van der Waals surface area contributed by atoms with Gasteiger partial charge in [0.05, 0.1) is 0 Å². The van der Waals surface area contributed by atoms with Crippen LogP contribution in [0.1, 0.15) is 17.4 Å². The SMILES string of the molecule is CC1C=Cc2c(sc3cc(-c4cccc(-c5ccccc5)c4)c(N)cc23)C1. The van der Waals surface area contributed by atoms with Crippen molar-refractivity contribution in [1.29, 1.82) is 0 Å². The molecule has 1 aliphatic rings. The first kappa shape index (κ1) is 16.3. The molecule has 2 N–H and O–H groups in total. The number of fused-ring (bicyclic) bond motifs is 3. The van der Waals surface area contributed by atoms with E-state index in [0.717, 1.165) is 17.7 Å². The number of anilines is 1. The van der Waals surface area contributed by atoms with Crippen molar-refractivity contribution in [3.63, 3.8) is 0 Å². The molecule has 0 fully saturated rings. The molecule has 5 rings (SSSR count). The van der Waals surface area contributed by atoms with Crippen LogP contribution in [0.2, 0.25) is 0 Å². The molecule has 132 valence electrons. The van der Waals surface area contributed by atoms with E-state index in [1.165, 1.54) is 37.2 Å². The Balaban J connectivity index is 1.64. The van der Waals surface area contributed by atoms with Gasteiger partial charge in [0.2, 0.25) is 0 Å². The number of thiophene rings is 1. The van der Waals surface area contributed by atoms with Gasteiger partial charge in [-0.1, -0.05) is 67.6 Å². The van der Waals surface area contributed by atoms with Crippen LogP contribution < -0.4 is 5.73 Å². The van der Waals surface area contributed by atoms with Crippen molar-refractivity contribution in [1.82, 2.24) is 0 Å². The van der Waals surface area contributed by atoms with Crippen LogP contribution >= 0.6 is 11.3 Å². The maximum Gasteiger partial charge on any atom is 0.0400 e. The molecule has 4 aromatic rings. The van der Waals surface area contributed by atoms with Crippen LogP contribution in [0.4, 0.5) is 5.69 Å². The van der Waals surface area contributed by atoms with Crippen LogP contribution in [0.5, 0.6) is 0 Å². The van der Waals surface area contributed by atoms with E-state index in [1.807, 2.05) is 17.4 Å². The van der Waals surface area contributed by atoms with Gasteiger partial charge in [0.1, 0.15) is 0 Å². The zero-order chi connectivity index (χ0) is 18.4. The summed E-state index contributed by atoms with van der Waals surface area (Å²) in [5.74, 6) is 0.616. The summed E-state index contributed by atoms with van der Waals surface area (Å²) in [5.41, 5.74) is 13.5. The van der Waals surface area contributed by atoms with Crippen molar-refractivity contribution in [3.05, 3.63) is 83.2 Å². The molecular weight excluding hydrogens is 346 g/mol. The zero-order valence-corrected chi connectivity index (χ0v) is 16.1. The summed E-state index contributed by atoms with van der Waals surface area (Å²) >= 11 is 1.91. The molecule has 27 heavy (non-hydrogen) atoms.